The van der Waals surface area contributed by atoms with Gasteiger partial charge in [-0.1, -0.05) is 121 Å². The lowest BCUT2D eigenvalue weighted by molar-refractivity contribution is 1.35. The monoisotopic (exact) mass is 479 g/mol. The van der Waals surface area contributed by atoms with Crippen LogP contribution in [0.1, 0.15) is 0 Å². The Labute approximate surface area is 221 Å². The van der Waals surface area contributed by atoms with Gasteiger partial charge in [0.05, 0.1) is 0 Å². The van der Waals surface area contributed by atoms with Crippen molar-refractivity contribution in [3.8, 4) is 22.3 Å². The molecule has 2 heterocycles. The molecule has 1 nitrogen and oxygen atoms in total. The second kappa shape index (κ2) is 7.37. The average molecular weight is 479 g/mol. The van der Waals surface area contributed by atoms with Gasteiger partial charge in [0.15, 0.2) is 0 Å². The minimum Gasteiger partial charge on any atom is -0.376 e. The lowest BCUT2D eigenvalue weighted by Gasteiger charge is -2.44. The van der Waals surface area contributed by atoms with Gasteiger partial charge in [-0.15, -0.1) is 0 Å². The van der Waals surface area contributed by atoms with E-state index in [0.29, 0.717) is 0 Å². The maximum atomic E-state index is 2.60. The van der Waals surface area contributed by atoms with Crippen LogP contribution < -0.4 is 15.7 Å². The summed E-state index contributed by atoms with van der Waals surface area (Å²) in [5.41, 5.74) is 10.6. The maximum Gasteiger partial charge on any atom is 0.330 e. The van der Waals surface area contributed by atoms with E-state index in [2.05, 4.69) is 138 Å². The molecule has 7 aromatic carbocycles. The molecular formula is C36H22BN. The molecule has 0 aliphatic carbocycles. The molecule has 2 aliphatic heterocycles. The lowest BCUT2D eigenvalue weighted by atomic mass is 9.42. The van der Waals surface area contributed by atoms with E-state index in [9.17, 15) is 0 Å². The molecule has 2 heteroatoms. The van der Waals surface area contributed by atoms with Crippen molar-refractivity contribution in [1.29, 1.82) is 0 Å². The Hall–Kier alpha value is -4.82. The summed E-state index contributed by atoms with van der Waals surface area (Å²) in [6.07, 6.45) is 0. The molecule has 0 unspecified atom stereocenters. The van der Waals surface area contributed by atoms with E-state index >= 15 is 0 Å². The molecule has 0 fully saturated rings. The standard InChI is InChI=1S/C36H22BN/c1-2-13-25-23(11-1)24-12-3-4-17-29(24)35-30(25)21-22-31-28-16-7-10-20-34(28)38-33-19-9-6-15-27(33)26-14-5-8-18-32(26)37(38)36(31)35/h1-22H. The Morgan fingerprint density at radius 2 is 0.842 bits per heavy atom. The van der Waals surface area contributed by atoms with Gasteiger partial charge < -0.3 is 4.81 Å². The maximum absolute atomic E-state index is 2.60. The minimum absolute atomic E-state index is 0.0827. The van der Waals surface area contributed by atoms with Crippen LogP contribution in [0.25, 0.3) is 54.6 Å². The van der Waals surface area contributed by atoms with Crippen molar-refractivity contribution in [3.05, 3.63) is 133 Å². The van der Waals surface area contributed by atoms with Crippen LogP contribution in [-0.4, -0.2) is 6.85 Å². The zero-order valence-corrected chi connectivity index (χ0v) is 20.7. The fourth-order valence-electron chi connectivity index (χ4n) is 7.18. The molecule has 0 bridgehead atoms. The summed E-state index contributed by atoms with van der Waals surface area (Å²) < 4.78 is 0. The number of anilines is 2. The van der Waals surface area contributed by atoms with Gasteiger partial charge >= 0.3 is 6.85 Å². The first-order valence-electron chi connectivity index (χ1n) is 13.3. The summed E-state index contributed by atoms with van der Waals surface area (Å²) in [5.74, 6) is 0. The highest BCUT2D eigenvalue weighted by atomic mass is 15.1. The largest absolute Gasteiger partial charge is 0.376 e. The minimum atomic E-state index is 0.0827. The van der Waals surface area contributed by atoms with Crippen molar-refractivity contribution in [2.75, 3.05) is 4.81 Å². The van der Waals surface area contributed by atoms with E-state index in [-0.39, 0.29) is 6.85 Å². The number of hydrogen-bond donors (Lipinski definition) is 0. The zero-order valence-electron chi connectivity index (χ0n) is 20.7. The number of rotatable bonds is 0. The lowest BCUT2D eigenvalue weighted by Crippen LogP contribution is -2.59. The zero-order chi connectivity index (χ0) is 24.8. The van der Waals surface area contributed by atoms with Gasteiger partial charge in [-0.2, -0.15) is 0 Å². The first-order valence-corrected chi connectivity index (χ1v) is 13.3. The van der Waals surface area contributed by atoms with Crippen molar-refractivity contribution in [1.82, 2.24) is 0 Å². The van der Waals surface area contributed by atoms with Crippen molar-refractivity contribution in [2.45, 2.75) is 0 Å². The molecule has 9 rings (SSSR count). The average Bonchev–Trinajstić information content (AvgIpc) is 3.00. The smallest absolute Gasteiger partial charge is 0.330 e. The molecule has 38 heavy (non-hydrogen) atoms. The molecule has 0 saturated heterocycles. The molecule has 2 aliphatic rings. The Balaban J connectivity index is 1.54. The summed E-state index contributed by atoms with van der Waals surface area (Å²) >= 11 is 0. The molecule has 0 radical (unpaired) electrons. The summed E-state index contributed by atoms with van der Waals surface area (Å²) in [4.78, 5) is 2.60. The highest BCUT2D eigenvalue weighted by Gasteiger charge is 2.43. The van der Waals surface area contributed by atoms with Gasteiger partial charge in [-0.25, -0.2) is 0 Å². The molecular weight excluding hydrogens is 457 g/mol. The van der Waals surface area contributed by atoms with Gasteiger partial charge in [-0.3, -0.25) is 0 Å². The second-order valence-corrected chi connectivity index (χ2v) is 10.4. The van der Waals surface area contributed by atoms with Gasteiger partial charge in [-0.05, 0) is 66.5 Å². The van der Waals surface area contributed by atoms with Crippen molar-refractivity contribution in [3.63, 3.8) is 0 Å². The van der Waals surface area contributed by atoms with Crippen LogP contribution in [0.4, 0.5) is 11.4 Å². The summed E-state index contributed by atoms with van der Waals surface area (Å²) in [7, 11) is 0. The molecule has 174 valence electrons. The summed E-state index contributed by atoms with van der Waals surface area (Å²) in [5, 5.41) is 7.98. The van der Waals surface area contributed by atoms with Crippen LogP contribution in [0.15, 0.2) is 133 Å². The van der Waals surface area contributed by atoms with Gasteiger partial charge in [0.2, 0.25) is 0 Å². The third-order valence-electron chi connectivity index (χ3n) is 8.64. The third-order valence-corrected chi connectivity index (χ3v) is 8.64. The highest BCUT2D eigenvalue weighted by molar-refractivity contribution is 6.94. The van der Waals surface area contributed by atoms with Crippen LogP contribution >= 0.6 is 0 Å². The molecule has 0 spiro atoms. The normalized spacial score (nSPS) is 13.2. The van der Waals surface area contributed by atoms with Crippen LogP contribution in [0.3, 0.4) is 0 Å². The predicted octanol–water partition coefficient (Wildman–Crippen LogP) is 8.05. The fraction of sp³-hybridized carbons (Fsp3) is 0. The predicted molar refractivity (Wildman–Crippen MR) is 163 cm³/mol. The second-order valence-electron chi connectivity index (χ2n) is 10.4. The molecule has 0 atom stereocenters. The SMILES string of the molecule is c1ccc2c(c1)B1c3c(ccc4c5ccccc5c5ccccc5c34)-c3ccccc3N1c1ccccc1-2. The van der Waals surface area contributed by atoms with E-state index < -0.39 is 0 Å². The highest BCUT2D eigenvalue weighted by Crippen LogP contribution is 2.47. The first-order chi connectivity index (χ1) is 18.9. The van der Waals surface area contributed by atoms with Crippen LogP contribution in [-0.2, 0) is 0 Å². The molecule has 0 saturated carbocycles. The van der Waals surface area contributed by atoms with E-state index in [0.717, 1.165) is 0 Å². The number of nitrogens with zero attached hydrogens (tertiary/aromatic N) is 1. The number of hydrogen-bond acceptors (Lipinski definition) is 1. The first kappa shape index (κ1) is 20.3. The van der Waals surface area contributed by atoms with Crippen molar-refractivity contribution < 1.29 is 0 Å². The van der Waals surface area contributed by atoms with Crippen LogP contribution in [0.2, 0.25) is 0 Å². The van der Waals surface area contributed by atoms with Gasteiger partial charge in [0, 0.05) is 22.5 Å². The topological polar surface area (TPSA) is 3.24 Å². The van der Waals surface area contributed by atoms with Crippen molar-refractivity contribution in [2.24, 2.45) is 0 Å². The molecule has 0 amide bonds. The Bertz CT molecular complexity index is 2070. The Morgan fingerprint density at radius 3 is 1.53 bits per heavy atom. The summed E-state index contributed by atoms with van der Waals surface area (Å²) in [6.45, 7) is 0.0827. The summed E-state index contributed by atoms with van der Waals surface area (Å²) in [6, 6.07) is 49.4. The van der Waals surface area contributed by atoms with E-state index in [1.165, 1.54) is 76.9 Å². The molecule has 7 aromatic rings. The Morgan fingerprint density at radius 1 is 0.368 bits per heavy atom. The quantitative estimate of drug-likeness (QED) is 0.157. The van der Waals surface area contributed by atoms with Crippen LogP contribution in [0.5, 0.6) is 0 Å². The van der Waals surface area contributed by atoms with Crippen molar-refractivity contribution >= 4 is 61.5 Å². The van der Waals surface area contributed by atoms with Gasteiger partial charge in [0.25, 0.3) is 0 Å². The Kier molecular flexibility index (Phi) is 3.93. The molecule has 0 aromatic heterocycles. The molecule has 0 N–H and O–H groups in total. The number of benzene rings is 7. The third kappa shape index (κ3) is 2.47. The van der Waals surface area contributed by atoms with Gasteiger partial charge in [0.1, 0.15) is 0 Å². The fourth-order valence-corrected chi connectivity index (χ4v) is 7.18. The van der Waals surface area contributed by atoms with Crippen LogP contribution in [0, 0.1) is 0 Å². The van der Waals surface area contributed by atoms with E-state index in [1.807, 2.05) is 0 Å². The van der Waals surface area contributed by atoms with E-state index in [1.54, 1.807) is 0 Å². The number of para-hydroxylation sites is 2. The number of fused-ring (bicyclic) bond motifs is 18. The van der Waals surface area contributed by atoms with E-state index in [4.69, 9.17) is 0 Å².